The molecule has 0 unspecified atom stereocenters. The van der Waals surface area contributed by atoms with Crippen molar-refractivity contribution in [2.75, 3.05) is 39.2 Å². The second-order valence-electron chi connectivity index (χ2n) is 6.06. The van der Waals surface area contributed by atoms with E-state index in [4.69, 9.17) is 0 Å². The zero-order valence-corrected chi connectivity index (χ0v) is 15.2. The Bertz CT molecular complexity index is 341. The molecule has 1 amide bonds. The smallest absolute Gasteiger partial charge is 0.243 e. The number of carbonyl (C=O) groups excluding carboxylic acids is 1. The minimum absolute atomic E-state index is 0.0344. The van der Waals surface area contributed by atoms with Crippen LogP contribution in [0, 0.1) is 0 Å². The lowest BCUT2D eigenvalue weighted by molar-refractivity contribution is -0.127. The summed E-state index contributed by atoms with van der Waals surface area (Å²) in [5.41, 5.74) is 0. The average molecular weight is 329 g/mol. The van der Waals surface area contributed by atoms with Crippen LogP contribution in [0.1, 0.15) is 44.9 Å². The number of carbonyl (C=O) groups is 1. The van der Waals surface area contributed by atoms with E-state index in [-0.39, 0.29) is 12.5 Å². The zero-order valence-electron chi connectivity index (χ0n) is 14.4. The number of nitrogens with one attached hydrogen (secondary N) is 2. The van der Waals surface area contributed by atoms with Gasteiger partial charge in [0.15, 0.2) is 5.96 Å². The Morgan fingerprint density at radius 1 is 1.23 bits per heavy atom. The molecule has 0 radical (unpaired) electrons. The molecule has 5 nitrogen and oxygen atoms in total. The van der Waals surface area contributed by atoms with Gasteiger partial charge in [-0.1, -0.05) is 19.3 Å². The van der Waals surface area contributed by atoms with E-state index in [0.29, 0.717) is 6.04 Å². The highest BCUT2D eigenvalue weighted by Gasteiger charge is 2.15. The Morgan fingerprint density at radius 3 is 2.59 bits per heavy atom. The van der Waals surface area contributed by atoms with E-state index < -0.39 is 0 Å². The first-order valence-corrected chi connectivity index (χ1v) is 9.77. The third kappa shape index (κ3) is 8.51. The fourth-order valence-corrected chi connectivity index (χ4v) is 2.95. The minimum Gasteiger partial charge on any atom is -0.356 e. The van der Waals surface area contributed by atoms with Crippen LogP contribution < -0.4 is 10.6 Å². The number of thioether (sulfide) groups is 1. The number of likely N-dealkylation sites (N-methyl/N-ethyl adjacent to an activating group) is 1. The van der Waals surface area contributed by atoms with Gasteiger partial charge in [-0.3, -0.25) is 4.79 Å². The number of hydrogen-bond donors (Lipinski definition) is 2. The van der Waals surface area contributed by atoms with Gasteiger partial charge in [-0.2, -0.15) is 11.8 Å². The molecule has 1 saturated carbocycles. The lowest BCUT2D eigenvalue weighted by atomic mass is 9.96. The topological polar surface area (TPSA) is 56.7 Å². The largest absolute Gasteiger partial charge is 0.356 e. The molecule has 0 atom stereocenters. The van der Waals surface area contributed by atoms with E-state index in [9.17, 15) is 4.79 Å². The Morgan fingerprint density at radius 2 is 1.95 bits per heavy atom. The molecule has 2 N–H and O–H groups in total. The standard InChI is InChI=1S/C16H32N4OS/c1-20(2)15(21)13-18-16(17-11-7-8-12-22-3)19-14-9-5-4-6-10-14/h14H,4-13H2,1-3H3,(H2,17,18,19). The van der Waals surface area contributed by atoms with E-state index in [0.717, 1.165) is 18.9 Å². The van der Waals surface area contributed by atoms with Gasteiger partial charge in [0.25, 0.3) is 0 Å². The number of aliphatic imine (C=N–C) groups is 1. The summed E-state index contributed by atoms with van der Waals surface area (Å²) < 4.78 is 0. The van der Waals surface area contributed by atoms with E-state index in [1.54, 1.807) is 19.0 Å². The molecule has 0 bridgehead atoms. The SMILES string of the molecule is CSCCCCNC(=NCC(=O)N(C)C)NC1CCCCC1. The predicted molar refractivity (Wildman–Crippen MR) is 96.6 cm³/mol. The number of unbranched alkanes of at least 4 members (excludes halogenated alkanes) is 1. The van der Waals surface area contributed by atoms with E-state index in [1.807, 2.05) is 11.8 Å². The van der Waals surface area contributed by atoms with Crippen molar-refractivity contribution in [1.29, 1.82) is 0 Å². The molecule has 0 spiro atoms. The third-order valence-electron chi connectivity index (χ3n) is 3.88. The molecule has 1 aliphatic rings. The van der Waals surface area contributed by atoms with Crippen molar-refractivity contribution in [2.45, 2.75) is 51.0 Å². The first-order valence-electron chi connectivity index (χ1n) is 8.37. The number of rotatable bonds is 8. The molecule has 128 valence electrons. The third-order valence-corrected chi connectivity index (χ3v) is 4.58. The maximum atomic E-state index is 11.7. The summed E-state index contributed by atoms with van der Waals surface area (Å²) in [4.78, 5) is 17.8. The summed E-state index contributed by atoms with van der Waals surface area (Å²) in [6.45, 7) is 1.12. The van der Waals surface area contributed by atoms with Gasteiger partial charge in [0.2, 0.25) is 5.91 Å². The summed E-state index contributed by atoms with van der Waals surface area (Å²) in [5, 5.41) is 6.88. The van der Waals surface area contributed by atoms with Gasteiger partial charge in [-0.05, 0) is 37.7 Å². The Labute approximate surface area is 139 Å². The maximum absolute atomic E-state index is 11.7. The molecule has 1 aliphatic carbocycles. The van der Waals surface area contributed by atoms with Crippen molar-refractivity contribution in [1.82, 2.24) is 15.5 Å². The van der Waals surface area contributed by atoms with Gasteiger partial charge < -0.3 is 15.5 Å². The molecule has 0 saturated heterocycles. The molecule has 0 aliphatic heterocycles. The van der Waals surface area contributed by atoms with Gasteiger partial charge >= 0.3 is 0 Å². The van der Waals surface area contributed by atoms with Gasteiger partial charge in [-0.25, -0.2) is 4.99 Å². The fourth-order valence-electron chi connectivity index (χ4n) is 2.46. The Hall–Kier alpha value is -0.910. The summed E-state index contributed by atoms with van der Waals surface area (Å²) in [6.07, 6.45) is 10.8. The molecular weight excluding hydrogens is 296 g/mol. The monoisotopic (exact) mass is 328 g/mol. The van der Waals surface area contributed by atoms with Crippen LogP contribution in [0.15, 0.2) is 4.99 Å². The molecule has 0 heterocycles. The van der Waals surface area contributed by atoms with Crippen molar-refractivity contribution in [3.05, 3.63) is 0 Å². The quantitative estimate of drug-likeness (QED) is 0.407. The summed E-state index contributed by atoms with van der Waals surface area (Å²) in [5.74, 6) is 2.03. The van der Waals surface area contributed by atoms with Gasteiger partial charge in [-0.15, -0.1) is 0 Å². The average Bonchev–Trinajstić information content (AvgIpc) is 2.52. The summed E-state index contributed by atoms with van der Waals surface area (Å²) in [6, 6.07) is 0.501. The Balaban J connectivity index is 2.43. The summed E-state index contributed by atoms with van der Waals surface area (Å²) >= 11 is 1.88. The van der Waals surface area contributed by atoms with E-state index in [2.05, 4.69) is 21.9 Å². The van der Waals surface area contributed by atoms with E-state index >= 15 is 0 Å². The van der Waals surface area contributed by atoms with Crippen LogP contribution >= 0.6 is 11.8 Å². The lowest BCUT2D eigenvalue weighted by Crippen LogP contribution is -2.45. The highest BCUT2D eigenvalue weighted by Crippen LogP contribution is 2.17. The van der Waals surface area contributed by atoms with E-state index in [1.165, 1.54) is 44.3 Å². The van der Waals surface area contributed by atoms with Crippen molar-refractivity contribution in [2.24, 2.45) is 4.99 Å². The fraction of sp³-hybridized carbons (Fsp3) is 0.875. The molecule has 0 aromatic carbocycles. The predicted octanol–water partition coefficient (Wildman–Crippen LogP) is 2.09. The van der Waals surface area contributed by atoms with Crippen molar-refractivity contribution >= 4 is 23.6 Å². The van der Waals surface area contributed by atoms with Crippen LogP contribution in [-0.2, 0) is 4.79 Å². The first kappa shape index (κ1) is 19.1. The molecule has 0 aromatic heterocycles. The minimum atomic E-state index is 0.0344. The van der Waals surface area contributed by atoms with Crippen LogP contribution in [-0.4, -0.2) is 62.0 Å². The van der Waals surface area contributed by atoms with Crippen molar-refractivity contribution < 1.29 is 4.79 Å². The van der Waals surface area contributed by atoms with Gasteiger partial charge in [0, 0.05) is 26.7 Å². The first-order chi connectivity index (χ1) is 10.6. The van der Waals surface area contributed by atoms with Crippen molar-refractivity contribution in [3.63, 3.8) is 0 Å². The molecule has 0 aromatic rings. The van der Waals surface area contributed by atoms with Crippen molar-refractivity contribution in [3.8, 4) is 0 Å². The molecule has 1 fully saturated rings. The van der Waals surface area contributed by atoms with Crippen LogP contribution in [0.3, 0.4) is 0 Å². The van der Waals surface area contributed by atoms with Crippen LogP contribution in [0.5, 0.6) is 0 Å². The van der Waals surface area contributed by atoms with Crippen LogP contribution in [0.4, 0.5) is 0 Å². The lowest BCUT2D eigenvalue weighted by Gasteiger charge is -2.25. The van der Waals surface area contributed by atoms with Crippen LogP contribution in [0.2, 0.25) is 0 Å². The second kappa shape index (κ2) is 11.6. The Kier molecular flexibility index (Phi) is 10.1. The number of hydrogen-bond acceptors (Lipinski definition) is 3. The van der Waals surface area contributed by atoms with Gasteiger partial charge in [0.1, 0.15) is 6.54 Å². The highest BCUT2D eigenvalue weighted by molar-refractivity contribution is 7.98. The maximum Gasteiger partial charge on any atom is 0.243 e. The highest BCUT2D eigenvalue weighted by atomic mass is 32.2. The normalized spacial score (nSPS) is 16.4. The van der Waals surface area contributed by atoms with Crippen LogP contribution in [0.25, 0.3) is 0 Å². The number of nitrogens with zero attached hydrogens (tertiary/aromatic N) is 2. The molecular formula is C16H32N4OS. The molecule has 22 heavy (non-hydrogen) atoms. The summed E-state index contributed by atoms with van der Waals surface area (Å²) in [7, 11) is 3.53. The molecule has 6 heteroatoms. The number of amides is 1. The van der Waals surface area contributed by atoms with Gasteiger partial charge in [0.05, 0.1) is 0 Å². The molecule has 1 rings (SSSR count). The zero-order chi connectivity index (χ0) is 16.2. The number of guanidine groups is 1. The second-order valence-corrected chi connectivity index (χ2v) is 7.04.